The Morgan fingerprint density at radius 1 is 1.17 bits per heavy atom. The first-order valence-corrected chi connectivity index (χ1v) is 10.1. The smallest absolute Gasteiger partial charge is 0.232 e. The molecule has 0 atom stereocenters. The van der Waals surface area contributed by atoms with E-state index in [2.05, 4.69) is 5.32 Å². The van der Waals surface area contributed by atoms with Gasteiger partial charge in [-0.05, 0) is 55.8 Å². The van der Waals surface area contributed by atoms with Crippen molar-refractivity contribution in [1.82, 2.24) is 10.2 Å². The van der Waals surface area contributed by atoms with Gasteiger partial charge in [-0.1, -0.05) is 23.7 Å². The van der Waals surface area contributed by atoms with Crippen molar-refractivity contribution in [1.29, 1.82) is 0 Å². The highest BCUT2D eigenvalue weighted by atomic mass is 35.5. The standard InChI is InChI=1S/C18H25ClN2OS.ClH/c19-16-5-3-15(4-6-16)12-23-13-18(22)21-9-7-17(8-10-21)20-11-14-1-2-14;/h3-6,14,17,20H,1-2,7-13H2;1H. The van der Waals surface area contributed by atoms with Crippen LogP contribution in [0, 0.1) is 5.92 Å². The van der Waals surface area contributed by atoms with Crippen molar-refractivity contribution in [2.75, 3.05) is 25.4 Å². The number of nitrogens with one attached hydrogen (secondary N) is 1. The minimum atomic E-state index is 0. The highest BCUT2D eigenvalue weighted by Crippen LogP contribution is 2.28. The van der Waals surface area contributed by atoms with E-state index in [0.717, 1.165) is 42.6 Å². The summed E-state index contributed by atoms with van der Waals surface area (Å²) >= 11 is 7.57. The summed E-state index contributed by atoms with van der Waals surface area (Å²) in [6, 6.07) is 8.46. The van der Waals surface area contributed by atoms with Gasteiger partial charge in [-0.2, -0.15) is 0 Å². The summed E-state index contributed by atoms with van der Waals surface area (Å²) in [6.45, 7) is 2.99. The van der Waals surface area contributed by atoms with Gasteiger partial charge in [0.1, 0.15) is 0 Å². The number of carbonyl (C=O) groups is 1. The molecule has 0 bridgehead atoms. The van der Waals surface area contributed by atoms with Crippen molar-refractivity contribution in [3.63, 3.8) is 0 Å². The zero-order chi connectivity index (χ0) is 16.1. The van der Waals surface area contributed by atoms with Crippen molar-refractivity contribution in [2.45, 2.75) is 37.5 Å². The molecule has 1 aliphatic heterocycles. The predicted molar refractivity (Wildman–Crippen MR) is 105 cm³/mol. The molecule has 1 aromatic rings. The minimum Gasteiger partial charge on any atom is -0.342 e. The van der Waals surface area contributed by atoms with E-state index < -0.39 is 0 Å². The summed E-state index contributed by atoms with van der Waals surface area (Å²) in [4.78, 5) is 14.3. The molecule has 0 aromatic heterocycles. The first-order valence-electron chi connectivity index (χ1n) is 8.54. The first-order chi connectivity index (χ1) is 11.2. The van der Waals surface area contributed by atoms with Crippen molar-refractivity contribution in [3.8, 4) is 0 Å². The topological polar surface area (TPSA) is 32.3 Å². The number of rotatable bonds is 7. The number of hydrogen-bond acceptors (Lipinski definition) is 3. The Morgan fingerprint density at radius 3 is 2.46 bits per heavy atom. The van der Waals surface area contributed by atoms with E-state index >= 15 is 0 Å². The number of hydrogen-bond donors (Lipinski definition) is 1. The Labute approximate surface area is 160 Å². The molecule has 1 N–H and O–H groups in total. The zero-order valence-electron chi connectivity index (χ0n) is 13.9. The number of carbonyl (C=O) groups excluding carboxylic acids is 1. The van der Waals surface area contributed by atoms with E-state index in [9.17, 15) is 4.79 Å². The fourth-order valence-corrected chi connectivity index (χ4v) is 3.93. The van der Waals surface area contributed by atoms with Gasteiger partial charge < -0.3 is 10.2 Å². The highest BCUT2D eigenvalue weighted by Gasteiger charge is 2.25. The van der Waals surface area contributed by atoms with Gasteiger partial charge in [0.15, 0.2) is 0 Å². The molecule has 1 saturated heterocycles. The number of thioether (sulfide) groups is 1. The summed E-state index contributed by atoms with van der Waals surface area (Å²) in [6.07, 6.45) is 4.99. The maximum absolute atomic E-state index is 12.3. The molecule has 0 spiro atoms. The Morgan fingerprint density at radius 2 is 1.83 bits per heavy atom. The molecule has 1 heterocycles. The molecule has 2 aliphatic rings. The van der Waals surface area contributed by atoms with Crippen LogP contribution in [0.2, 0.25) is 5.02 Å². The summed E-state index contributed by atoms with van der Waals surface area (Å²) in [5, 5.41) is 4.42. The van der Waals surface area contributed by atoms with E-state index in [1.54, 1.807) is 11.8 Å². The fourth-order valence-electron chi connectivity index (χ4n) is 2.92. The van der Waals surface area contributed by atoms with Crippen LogP contribution in [0.5, 0.6) is 0 Å². The second-order valence-corrected chi connectivity index (χ2v) is 8.05. The molecule has 6 heteroatoms. The van der Waals surface area contributed by atoms with E-state index in [4.69, 9.17) is 11.6 Å². The predicted octanol–water partition coefficient (Wildman–Crippen LogP) is 3.99. The van der Waals surface area contributed by atoms with Gasteiger partial charge in [-0.3, -0.25) is 4.79 Å². The summed E-state index contributed by atoms with van der Waals surface area (Å²) in [7, 11) is 0. The molecular formula is C18H26Cl2N2OS. The molecule has 24 heavy (non-hydrogen) atoms. The normalized spacial score (nSPS) is 18.3. The van der Waals surface area contributed by atoms with Gasteiger partial charge in [0.2, 0.25) is 5.91 Å². The third kappa shape index (κ3) is 6.47. The molecule has 0 radical (unpaired) electrons. The van der Waals surface area contributed by atoms with Crippen LogP contribution >= 0.6 is 35.8 Å². The molecule has 134 valence electrons. The molecular weight excluding hydrogens is 363 g/mol. The second-order valence-electron chi connectivity index (χ2n) is 6.63. The van der Waals surface area contributed by atoms with Crippen LogP contribution in [0.3, 0.4) is 0 Å². The van der Waals surface area contributed by atoms with E-state index in [1.165, 1.54) is 24.9 Å². The lowest BCUT2D eigenvalue weighted by molar-refractivity contribution is -0.129. The Kier molecular flexibility index (Phi) is 8.21. The van der Waals surface area contributed by atoms with Gasteiger partial charge in [0.05, 0.1) is 5.75 Å². The van der Waals surface area contributed by atoms with Gasteiger partial charge in [-0.15, -0.1) is 24.2 Å². The molecule has 1 aromatic carbocycles. The lowest BCUT2D eigenvalue weighted by Crippen LogP contribution is -2.45. The lowest BCUT2D eigenvalue weighted by Gasteiger charge is -2.32. The number of piperidine rings is 1. The Hall–Kier alpha value is -0.420. The quantitative estimate of drug-likeness (QED) is 0.766. The van der Waals surface area contributed by atoms with E-state index in [0.29, 0.717) is 11.8 Å². The van der Waals surface area contributed by atoms with Crippen molar-refractivity contribution >= 4 is 41.7 Å². The maximum atomic E-state index is 12.3. The zero-order valence-corrected chi connectivity index (χ0v) is 16.3. The molecule has 2 fully saturated rings. The fraction of sp³-hybridized carbons (Fsp3) is 0.611. The van der Waals surface area contributed by atoms with Gasteiger partial charge in [0.25, 0.3) is 0 Å². The van der Waals surface area contributed by atoms with E-state index in [1.807, 2.05) is 29.2 Å². The van der Waals surface area contributed by atoms with E-state index in [-0.39, 0.29) is 18.3 Å². The van der Waals surface area contributed by atoms with Crippen LogP contribution in [0.15, 0.2) is 24.3 Å². The Bertz CT molecular complexity index is 514. The van der Waals surface area contributed by atoms with Crippen LogP contribution in [-0.2, 0) is 10.5 Å². The van der Waals surface area contributed by atoms with Crippen LogP contribution in [0.1, 0.15) is 31.2 Å². The average molecular weight is 389 g/mol. The summed E-state index contributed by atoms with van der Waals surface area (Å²) in [5.41, 5.74) is 1.22. The maximum Gasteiger partial charge on any atom is 0.232 e. The molecule has 1 aliphatic carbocycles. The summed E-state index contributed by atoms with van der Waals surface area (Å²) in [5.74, 6) is 2.65. The van der Waals surface area contributed by atoms with Gasteiger partial charge in [-0.25, -0.2) is 0 Å². The van der Waals surface area contributed by atoms with Crippen molar-refractivity contribution in [2.24, 2.45) is 5.92 Å². The number of likely N-dealkylation sites (tertiary alicyclic amines) is 1. The molecule has 1 amide bonds. The SMILES string of the molecule is Cl.O=C(CSCc1ccc(Cl)cc1)N1CCC(NCC2CC2)CC1. The third-order valence-electron chi connectivity index (χ3n) is 4.65. The van der Waals surface area contributed by atoms with Crippen LogP contribution < -0.4 is 5.32 Å². The van der Waals surface area contributed by atoms with Crippen LogP contribution in [0.4, 0.5) is 0 Å². The lowest BCUT2D eigenvalue weighted by atomic mass is 10.0. The molecule has 3 rings (SSSR count). The largest absolute Gasteiger partial charge is 0.342 e. The molecule has 1 saturated carbocycles. The number of halogens is 2. The minimum absolute atomic E-state index is 0. The number of nitrogens with zero attached hydrogens (tertiary/aromatic N) is 1. The highest BCUT2D eigenvalue weighted by molar-refractivity contribution is 7.99. The van der Waals surface area contributed by atoms with Crippen LogP contribution in [-0.4, -0.2) is 42.2 Å². The van der Waals surface area contributed by atoms with Gasteiger partial charge in [0, 0.05) is 29.9 Å². The van der Waals surface area contributed by atoms with Crippen LogP contribution in [0.25, 0.3) is 0 Å². The average Bonchev–Trinajstić information content (AvgIpc) is 3.39. The van der Waals surface area contributed by atoms with Gasteiger partial charge >= 0.3 is 0 Å². The van der Waals surface area contributed by atoms with Crippen molar-refractivity contribution < 1.29 is 4.79 Å². The third-order valence-corrected chi connectivity index (χ3v) is 5.89. The van der Waals surface area contributed by atoms with Crippen molar-refractivity contribution in [3.05, 3.63) is 34.9 Å². The number of benzene rings is 1. The molecule has 3 nitrogen and oxygen atoms in total. The summed E-state index contributed by atoms with van der Waals surface area (Å²) < 4.78 is 0. The molecule has 0 unspecified atom stereocenters. The second kappa shape index (κ2) is 9.91. The first kappa shape index (κ1) is 19.9. The monoisotopic (exact) mass is 388 g/mol. The Balaban J connectivity index is 0.00000208. The number of amides is 1.